The average molecular weight is 372 g/mol. The molecule has 1 aliphatic heterocycles. The van der Waals surface area contributed by atoms with Gasteiger partial charge in [-0.1, -0.05) is 35.4 Å². The van der Waals surface area contributed by atoms with E-state index in [2.05, 4.69) is 15.9 Å². The van der Waals surface area contributed by atoms with E-state index in [4.69, 9.17) is 0 Å². The molecule has 0 atom stereocenters. The number of hydrogen-bond acceptors (Lipinski definition) is 3. The molecule has 0 saturated carbocycles. The molecule has 0 unspecified atom stereocenters. The summed E-state index contributed by atoms with van der Waals surface area (Å²) in [5.41, 5.74) is 1.72. The van der Waals surface area contributed by atoms with Gasteiger partial charge < -0.3 is 0 Å². The third kappa shape index (κ3) is 3.27. The smallest absolute Gasteiger partial charge is 0.243 e. The number of Topliss-reactive ketones (excluding diaryl/α,β-unsaturated/α-hetero) is 1. The van der Waals surface area contributed by atoms with Crippen LogP contribution in [0.4, 0.5) is 0 Å². The molecule has 0 spiro atoms. The quantitative estimate of drug-likeness (QED) is 0.763. The number of benzene rings is 1. The maximum atomic E-state index is 12.6. The minimum atomic E-state index is -3.61. The highest BCUT2D eigenvalue weighted by atomic mass is 79.9. The van der Waals surface area contributed by atoms with Gasteiger partial charge >= 0.3 is 0 Å². The summed E-state index contributed by atoms with van der Waals surface area (Å²) in [4.78, 5) is 12.3. The van der Waals surface area contributed by atoms with Gasteiger partial charge in [0.25, 0.3) is 0 Å². The van der Waals surface area contributed by atoms with Gasteiger partial charge in [-0.2, -0.15) is 4.31 Å². The van der Waals surface area contributed by atoms with Crippen LogP contribution in [-0.4, -0.2) is 31.6 Å². The molecule has 0 aromatic heterocycles. The Morgan fingerprint density at radius 1 is 1.14 bits per heavy atom. The lowest BCUT2D eigenvalue weighted by atomic mass is 10.0. The molecule has 1 aromatic carbocycles. The van der Waals surface area contributed by atoms with Crippen molar-refractivity contribution in [3.05, 3.63) is 39.9 Å². The van der Waals surface area contributed by atoms with E-state index in [0.717, 1.165) is 22.9 Å². The number of carbonyl (C=O) groups is 1. The van der Waals surface area contributed by atoms with Crippen LogP contribution in [0.3, 0.4) is 0 Å². The largest absolute Gasteiger partial charge is 0.293 e. The Bertz CT molecular complexity index is 671. The van der Waals surface area contributed by atoms with Crippen LogP contribution >= 0.6 is 15.9 Å². The summed E-state index contributed by atoms with van der Waals surface area (Å²) in [6.45, 7) is 4.11. The van der Waals surface area contributed by atoms with Crippen LogP contribution in [0.15, 0.2) is 44.8 Å². The first-order chi connectivity index (χ1) is 9.90. The molecule has 1 heterocycles. The molecule has 4 nitrogen and oxygen atoms in total. The van der Waals surface area contributed by atoms with Crippen molar-refractivity contribution in [2.75, 3.05) is 13.1 Å². The summed E-state index contributed by atoms with van der Waals surface area (Å²) in [6.07, 6.45) is 1.56. The van der Waals surface area contributed by atoms with Crippen LogP contribution in [0, 0.1) is 0 Å². The second kappa shape index (κ2) is 6.42. The Balaban J connectivity index is 2.34. The Morgan fingerprint density at radius 3 is 2.24 bits per heavy atom. The van der Waals surface area contributed by atoms with Crippen LogP contribution in [0.2, 0.25) is 0 Å². The van der Waals surface area contributed by atoms with Crippen LogP contribution in [0.5, 0.6) is 0 Å². The molecule has 21 heavy (non-hydrogen) atoms. The van der Waals surface area contributed by atoms with Gasteiger partial charge in [0.15, 0.2) is 5.78 Å². The average Bonchev–Trinajstić information content (AvgIpc) is 2.84. The molecular weight excluding hydrogens is 354 g/mol. The van der Waals surface area contributed by atoms with Gasteiger partial charge in [0.2, 0.25) is 10.0 Å². The second-order valence-electron chi connectivity index (χ2n) is 4.94. The fourth-order valence-corrected chi connectivity index (χ4v) is 4.12. The van der Waals surface area contributed by atoms with Crippen LogP contribution < -0.4 is 0 Å². The van der Waals surface area contributed by atoms with E-state index in [1.165, 1.54) is 4.31 Å². The molecule has 0 N–H and O–H groups in total. The van der Waals surface area contributed by atoms with E-state index in [1.54, 1.807) is 24.3 Å². The number of nitrogens with zero attached hydrogens (tertiary/aromatic N) is 1. The van der Waals surface area contributed by atoms with Crippen molar-refractivity contribution in [3.63, 3.8) is 0 Å². The summed E-state index contributed by atoms with van der Waals surface area (Å²) in [5.74, 6) is -0.0746. The molecule has 1 aliphatic rings. The van der Waals surface area contributed by atoms with Gasteiger partial charge in [-0.25, -0.2) is 8.42 Å². The second-order valence-corrected chi connectivity index (χ2v) is 7.79. The van der Waals surface area contributed by atoms with Gasteiger partial charge in [-0.15, -0.1) is 0 Å². The molecule has 0 bridgehead atoms. The summed E-state index contributed by atoms with van der Waals surface area (Å²) in [5, 5.41) is 0. The van der Waals surface area contributed by atoms with E-state index < -0.39 is 10.0 Å². The Hall–Kier alpha value is -0.980. The van der Waals surface area contributed by atoms with E-state index in [0.29, 0.717) is 5.57 Å². The van der Waals surface area contributed by atoms with E-state index in [1.807, 2.05) is 13.8 Å². The van der Waals surface area contributed by atoms with E-state index >= 15 is 0 Å². The number of hydrogen-bond donors (Lipinski definition) is 0. The Kier molecular flexibility index (Phi) is 5.01. The van der Waals surface area contributed by atoms with Crippen molar-refractivity contribution in [1.29, 1.82) is 0 Å². The van der Waals surface area contributed by atoms with E-state index in [9.17, 15) is 13.2 Å². The molecule has 1 aromatic rings. The van der Waals surface area contributed by atoms with Crippen molar-refractivity contribution in [2.45, 2.75) is 31.6 Å². The number of allylic oxidation sites excluding steroid dienone is 1. The van der Waals surface area contributed by atoms with Crippen LogP contribution in [-0.2, 0) is 14.8 Å². The molecule has 0 amide bonds. The molecular formula is C15H18BrNO3S. The molecule has 6 heteroatoms. The minimum absolute atomic E-state index is 0.0583. The van der Waals surface area contributed by atoms with Gasteiger partial charge in [-0.3, -0.25) is 4.79 Å². The fourth-order valence-electron chi connectivity index (χ4n) is 2.49. The highest BCUT2D eigenvalue weighted by Gasteiger charge is 2.35. The number of carbonyl (C=O) groups excluding carboxylic acids is 1. The lowest BCUT2D eigenvalue weighted by Gasteiger charge is -2.14. The summed E-state index contributed by atoms with van der Waals surface area (Å²) < 4.78 is 27.2. The van der Waals surface area contributed by atoms with Gasteiger partial charge in [0, 0.05) is 16.6 Å². The van der Waals surface area contributed by atoms with Crippen molar-refractivity contribution in [1.82, 2.24) is 4.31 Å². The number of ketones is 1. The normalized spacial score (nSPS) is 16.5. The molecule has 1 saturated heterocycles. The lowest BCUT2D eigenvalue weighted by Crippen LogP contribution is -2.29. The maximum absolute atomic E-state index is 12.6. The standard InChI is InChI=1S/C15H18BrNO3S/c1-3-11(4-2)14-9-17(10-15(14)18)21(19,20)13-7-5-12(16)6-8-13/h5-8H,3-4,9-10H2,1-2H3. The molecule has 0 aliphatic carbocycles. The first kappa shape index (κ1) is 16.4. The Labute approximate surface area is 134 Å². The maximum Gasteiger partial charge on any atom is 0.243 e. The highest BCUT2D eigenvalue weighted by Crippen LogP contribution is 2.26. The zero-order valence-electron chi connectivity index (χ0n) is 12.1. The monoisotopic (exact) mass is 371 g/mol. The zero-order chi connectivity index (χ0) is 15.6. The van der Waals surface area contributed by atoms with Crippen molar-refractivity contribution < 1.29 is 13.2 Å². The first-order valence-electron chi connectivity index (χ1n) is 6.90. The topological polar surface area (TPSA) is 54.5 Å². The Morgan fingerprint density at radius 2 is 1.71 bits per heavy atom. The summed E-state index contributed by atoms with van der Waals surface area (Å²) in [7, 11) is -3.61. The van der Waals surface area contributed by atoms with Gasteiger partial charge in [0.05, 0.1) is 11.4 Å². The third-order valence-corrected chi connectivity index (χ3v) is 6.06. The summed E-state index contributed by atoms with van der Waals surface area (Å²) >= 11 is 3.28. The molecule has 2 rings (SSSR count). The summed E-state index contributed by atoms with van der Waals surface area (Å²) in [6, 6.07) is 6.47. The SMILES string of the molecule is CCC(CC)=C1CN(S(=O)(=O)c2ccc(Br)cc2)CC1=O. The first-order valence-corrected chi connectivity index (χ1v) is 9.13. The molecule has 0 radical (unpaired) electrons. The van der Waals surface area contributed by atoms with Crippen molar-refractivity contribution in [3.8, 4) is 0 Å². The van der Waals surface area contributed by atoms with Gasteiger partial charge in [-0.05, 0) is 37.1 Å². The predicted octanol–water partition coefficient (Wildman–Crippen LogP) is 3.14. The fraction of sp³-hybridized carbons (Fsp3) is 0.400. The minimum Gasteiger partial charge on any atom is -0.293 e. The van der Waals surface area contributed by atoms with E-state index in [-0.39, 0.29) is 23.8 Å². The lowest BCUT2D eigenvalue weighted by molar-refractivity contribution is -0.114. The van der Waals surface area contributed by atoms with Crippen molar-refractivity contribution >= 4 is 31.7 Å². The number of halogens is 1. The zero-order valence-corrected chi connectivity index (χ0v) is 14.5. The number of rotatable bonds is 4. The predicted molar refractivity (Wildman–Crippen MR) is 85.5 cm³/mol. The van der Waals surface area contributed by atoms with Crippen LogP contribution in [0.1, 0.15) is 26.7 Å². The van der Waals surface area contributed by atoms with Crippen molar-refractivity contribution in [2.24, 2.45) is 0 Å². The highest BCUT2D eigenvalue weighted by molar-refractivity contribution is 9.10. The van der Waals surface area contributed by atoms with Gasteiger partial charge in [0.1, 0.15) is 0 Å². The van der Waals surface area contributed by atoms with Crippen LogP contribution in [0.25, 0.3) is 0 Å². The third-order valence-electron chi connectivity index (χ3n) is 3.72. The molecule has 114 valence electrons. The molecule has 1 fully saturated rings. The number of sulfonamides is 1.